The fourth-order valence-corrected chi connectivity index (χ4v) is 5.92. The Balaban J connectivity index is 1.87. The van der Waals surface area contributed by atoms with Gasteiger partial charge < -0.3 is 0 Å². The molecule has 0 bridgehead atoms. The molecule has 0 saturated heterocycles. The van der Waals surface area contributed by atoms with Gasteiger partial charge >= 0.3 is 6.18 Å². The van der Waals surface area contributed by atoms with Gasteiger partial charge in [0, 0.05) is 27.2 Å². The summed E-state index contributed by atoms with van der Waals surface area (Å²) < 4.78 is 42.7. The molecule has 0 N–H and O–H groups in total. The van der Waals surface area contributed by atoms with E-state index in [1.54, 1.807) is 18.3 Å². The van der Waals surface area contributed by atoms with E-state index in [2.05, 4.69) is 50.0 Å². The molecule has 0 aliphatic carbocycles. The highest BCUT2D eigenvalue weighted by Gasteiger charge is 2.35. The molecule has 3 aromatic carbocycles. The van der Waals surface area contributed by atoms with Crippen LogP contribution < -0.4 is 0 Å². The highest BCUT2D eigenvalue weighted by Crippen LogP contribution is 2.46. The van der Waals surface area contributed by atoms with Gasteiger partial charge in [0.2, 0.25) is 0 Å². The van der Waals surface area contributed by atoms with Crippen molar-refractivity contribution in [3.63, 3.8) is 0 Å². The predicted molar refractivity (Wildman–Crippen MR) is 129 cm³/mol. The number of rotatable bonds is 1. The SMILES string of the molecule is Cc1ccc2c(sc3c(-c4cc(C(C)(C)C)c5ccccc5c4)nccc32)c1C(F)(F)F. The molecular formula is C27H22F3NS. The lowest BCUT2D eigenvalue weighted by atomic mass is 9.82. The molecule has 1 nitrogen and oxygen atoms in total. The van der Waals surface area contributed by atoms with Gasteiger partial charge in [0.05, 0.1) is 16.0 Å². The highest BCUT2D eigenvalue weighted by atomic mass is 32.1. The fraction of sp³-hybridized carbons (Fsp3) is 0.222. The molecule has 0 atom stereocenters. The second-order valence-electron chi connectivity index (χ2n) is 9.27. The van der Waals surface area contributed by atoms with Crippen molar-refractivity contribution in [3.8, 4) is 11.3 Å². The largest absolute Gasteiger partial charge is 0.418 e. The van der Waals surface area contributed by atoms with Crippen molar-refractivity contribution < 1.29 is 13.2 Å². The highest BCUT2D eigenvalue weighted by molar-refractivity contribution is 7.26. The summed E-state index contributed by atoms with van der Waals surface area (Å²) in [5, 5.41) is 3.72. The zero-order valence-electron chi connectivity index (χ0n) is 18.3. The summed E-state index contributed by atoms with van der Waals surface area (Å²) in [6.45, 7) is 8.03. The zero-order chi connectivity index (χ0) is 22.8. The summed E-state index contributed by atoms with van der Waals surface area (Å²) in [6.07, 6.45) is -2.71. The maximum absolute atomic E-state index is 13.9. The second kappa shape index (κ2) is 7.04. The first kappa shape index (κ1) is 21.0. The summed E-state index contributed by atoms with van der Waals surface area (Å²) >= 11 is 1.19. The van der Waals surface area contributed by atoms with E-state index < -0.39 is 11.7 Å². The van der Waals surface area contributed by atoms with E-state index in [1.165, 1.54) is 29.2 Å². The third kappa shape index (κ3) is 3.27. The molecule has 2 heterocycles. The van der Waals surface area contributed by atoms with E-state index in [1.807, 2.05) is 18.2 Å². The van der Waals surface area contributed by atoms with Crippen LogP contribution in [-0.2, 0) is 11.6 Å². The number of fused-ring (bicyclic) bond motifs is 4. The quantitative estimate of drug-likeness (QED) is 0.249. The van der Waals surface area contributed by atoms with Gasteiger partial charge in [-0.3, -0.25) is 4.98 Å². The van der Waals surface area contributed by atoms with Gasteiger partial charge in [0.1, 0.15) is 0 Å². The summed E-state index contributed by atoms with van der Waals surface area (Å²) in [5.41, 5.74) is 2.45. The Bertz CT molecular complexity index is 1500. The van der Waals surface area contributed by atoms with Gasteiger partial charge in [-0.05, 0) is 52.4 Å². The van der Waals surface area contributed by atoms with Crippen molar-refractivity contribution in [2.45, 2.75) is 39.3 Å². The molecule has 162 valence electrons. The van der Waals surface area contributed by atoms with Crippen LogP contribution in [0.5, 0.6) is 0 Å². The maximum atomic E-state index is 13.9. The molecule has 2 aromatic heterocycles. The third-order valence-electron chi connectivity index (χ3n) is 5.99. The Hall–Kier alpha value is -2.92. The number of hydrogen-bond donors (Lipinski definition) is 0. The Kier molecular flexibility index (Phi) is 4.61. The fourth-order valence-electron chi connectivity index (χ4n) is 4.49. The molecule has 5 heteroatoms. The van der Waals surface area contributed by atoms with E-state index in [-0.39, 0.29) is 15.7 Å². The Morgan fingerprint density at radius 3 is 2.25 bits per heavy atom. The molecule has 0 aliphatic heterocycles. The van der Waals surface area contributed by atoms with E-state index in [0.29, 0.717) is 5.39 Å². The van der Waals surface area contributed by atoms with Crippen LogP contribution in [0.2, 0.25) is 0 Å². The molecule has 0 saturated carbocycles. The first-order chi connectivity index (χ1) is 15.1. The van der Waals surface area contributed by atoms with Crippen molar-refractivity contribution in [1.29, 1.82) is 0 Å². The molecule has 0 aliphatic rings. The third-order valence-corrected chi connectivity index (χ3v) is 7.24. The molecular weight excluding hydrogens is 427 g/mol. The molecule has 0 fully saturated rings. The number of aryl methyl sites for hydroxylation is 1. The van der Waals surface area contributed by atoms with Crippen LogP contribution in [0.1, 0.15) is 37.5 Å². The number of nitrogens with zero attached hydrogens (tertiary/aromatic N) is 1. The number of halogens is 3. The minimum Gasteiger partial charge on any atom is -0.255 e. The molecule has 5 aromatic rings. The van der Waals surface area contributed by atoms with Crippen molar-refractivity contribution in [2.75, 3.05) is 0 Å². The van der Waals surface area contributed by atoms with Gasteiger partial charge in [0.15, 0.2) is 0 Å². The molecule has 5 rings (SSSR count). The molecule has 0 amide bonds. The number of alkyl halides is 3. The first-order valence-electron chi connectivity index (χ1n) is 10.5. The molecule has 32 heavy (non-hydrogen) atoms. The van der Waals surface area contributed by atoms with Crippen LogP contribution in [0.25, 0.3) is 42.2 Å². The standard InChI is InChI=1S/C27H22F3NS/c1-15-9-10-19-20-11-12-31-23(25(20)32-24(19)22(15)27(28,29)30)17-13-16-7-5-6-8-18(16)21(14-17)26(2,3)4/h5-14H,1-4H3. The Morgan fingerprint density at radius 2 is 1.53 bits per heavy atom. The van der Waals surface area contributed by atoms with Crippen molar-refractivity contribution in [2.24, 2.45) is 0 Å². The van der Waals surface area contributed by atoms with Crippen molar-refractivity contribution in [3.05, 3.63) is 77.5 Å². The van der Waals surface area contributed by atoms with Gasteiger partial charge in [-0.2, -0.15) is 13.2 Å². The maximum Gasteiger partial charge on any atom is 0.418 e. The van der Waals surface area contributed by atoms with Crippen LogP contribution in [0.3, 0.4) is 0 Å². The topological polar surface area (TPSA) is 12.9 Å². The van der Waals surface area contributed by atoms with Gasteiger partial charge in [-0.15, -0.1) is 11.3 Å². The van der Waals surface area contributed by atoms with Crippen LogP contribution in [0.4, 0.5) is 13.2 Å². The zero-order valence-corrected chi connectivity index (χ0v) is 19.1. The number of hydrogen-bond acceptors (Lipinski definition) is 2. The number of pyridine rings is 1. The van der Waals surface area contributed by atoms with Crippen molar-refractivity contribution in [1.82, 2.24) is 4.98 Å². The summed E-state index contributed by atoms with van der Waals surface area (Å²) in [7, 11) is 0. The van der Waals surface area contributed by atoms with E-state index in [0.717, 1.165) is 26.7 Å². The minimum atomic E-state index is -4.40. The molecule has 0 unspecified atom stereocenters. The predicted octanol–water partition coefficient (Wildman–Crippen LogP) is 8.89. The summed E-state index contributed by atoms with van der Waals surface area (Å²) in [4.78, 5) is 4.65. The first-order valence-corrected chi connectivity index (χ1v) is 11.3. The van der Waals surface area contributed by atoms with Crippen LogP contribution in [0, 0.1) is 6.92 Å². The number of aromatic nitrogens is 1. The van der Waals surface area contributed by atoms with Gasteiger partial charge in [-0.25, -0.2) is 0 Å². The number of benzene rings is 3. The van der Waals surface area contributed by atoms with Gasteiger partial charge in [-0.1, -0.05) is 57.2 Å². The van der Waals surface area contributed by atoms with Crippen molar-refractivity contribution >= 4 is 42.3 Å². The summed E-state index contributed by atoms with van der Waals surface area (Å²) in [5.74, 6) is 0. The van der Waals surface area contributed by atoms with E-state index in [9.17, 15) is 13.2 Å². The Morgan fingerprint density at radius 1 is 0.812 bits per heavy atom. The van der Waals surface area contributed by atoms with E-state index >= 15 is 0 Å². The second-order valence-corrected chi connectivity index (χ2v) is 10.3. The smallest absolute Gasteiger partial charge is 0.255 e. The lowest BCUT2D eigenvalue weighted by Gasteiger charge is -2.22. The average molecular weight is 450 g/mol. The summed E-state index contributed by atoms with van der Waals surface area (Å²) in [6, 6.07) is 17.6. The molecule has 0 spiro atoms. The minimum absolute atomic E-state index is 0.0930. The van der Waals surface area contributed by atoms with Crippen LogP contribution in [-0.4, -0.2) is 4.98 Å². The average Bonchev–Trinajstić information content (AvgIpc) is 3.09. The molecule has 0 radical (unpaired) electrons. The number of thiophene rings is 1. The normalized spacial score (nSPS) is 12.8. The van der Waals surface area contributed by atoms with E-state index in [4.69, 9.17) is 0 Å². The lowest BCUT2D eigenvalue weighted by Crippen LogP contribution is -2.12. The monoisotopic (exact) mass is 449 g/mol. The lowest BCUT2D eigenvalue weighted by molar-refractivity contribution is -0.136. The van der Waals surface area contributed by atoms with Crippen LogP contribution in [0.15, 0.2) is 60.8 Å². The van der Waals surface area contributed by atoms with Gasteiger partial charge in [0.25, 0.3) is 0 Å². The van der Waals surface area contributed by atoms with Crippen LogP contribution >= 0.6 is 11.3 Å². The Labute approximate surface area is 188 Å².